The average molecular weight is 277 g/mol. The number of nitrogens with two attached hydrogens (primary N) is 1. The summed E-state index contributed by atoms with van der Waals surface area (Å²) in [7, 11) is 0. The van der Waals surface area contributed by atoms with Gasteiger partial charge in [-0.1, -0.05) is 23.5 Å². The van der Waals surface area contributed by atoms with Gasteiger partial charge in [0.05, 0.1) is 5.69 Å². The predicted molar refractivity (Wildman–Crippen MR) is 75.4 cm³/mol. The number of phenols is 1. The van der Waals surface area contributed by atoms with Crippen LogP contribution in [0.4, 0.5) is 5.13 Å². The van der Waals surface area contributed by atoms with Gasteiger partial charge in [-0.05, 0) is 31.0 Å². The van der Waals surface area contributed by atoms with Gasteiger partial charge in [-0.25, -0.2) is 4.98 Å². The van der Waals surface area contributed by atoms with Gasteiger partial charge in [0, 0.05) is 6.54 Å². The second-order valence-electron chi connectivity index (χ2n) is 4.14. The molecule has 0 unspecified atom stereocenters. The average Bonchev–Trinajstić information content (AvgIpc) is 2.68. The highest BCUT2D eigenvalue weighted by atomic mass is 32.1. The number of hydrogen-bond donors (Lipinski definition) is 3. The first kappa shape index (κ1) is 13.4. The number of benzene rings is 1. The van der Waals surface area contributed by atoms with Crippen LogP contribution in [0.1, 0.15) is 20.9 Å². The fourth-order valence-corrected chi connectivity index (χ4v) is 2.49. The Bertz CT molecular complexity index is 595. The van der Waals surface area contributed by atoms with E-state index in [4.69, 9.17) is 5.73 Å². The predicted octanol–water partition coefficient (Wildman–Crippen LogP) is 1.71. The zero-order valence-electron chi connectivity index (χ0n) is 10.5. The monoisotopic (exact) mass is 277 g/mol. The number of carbonyl (C=O) groups is 1. The number of aromatic hydroxyl groups is 1. The van der Waals surface area contributed by atoms with E-state index in [1.54, 1.807) is 25.1 Å². The van der Waals surface area contributed by atoms with Gasteiger partial charge < -0.3 is 16.2 Å². The van der Waals surface area contributed by atoms with Crippen LogP contribution in [0.3, 0.4) is 0 Å². The number of anilines is 1. The van der Waals surface area contributed by atoms with Crippen molar-refractivity contribution in [1.29, 1.82) is 0 Å². The van der Waals surface area contributed by atoms with Crippen LogP contribution in [-0.4, -0.2) is 22.5 Å². The molecule has 1 heterocycles. The number of phenolic OH excluding ortho intramolecular Hbond substituents is 1. The van der Waals surface area contributed by atoms with E-state index in [0.717, 1.165) is 5.56 Å². The molecule has 19 heavy (non-hydrogen) atoms. The maximum atomic E-state index is 11.9. The van der Waals surface area contributed by atoms with Crippen LogP contribution in [0.25, 0.3) is 0 Å². The first-order valence-electron chi connectivity index (χ1n) is 5.85. The zero-order valence-corrected chi connectivity index (χ0v) is 11.3. The number of nitrogens with zero attached hydrogens (tertiary/aromatic N) is 1. The van der Waals surface area contributed by atoms with E-state index in [9.17, 15) is 9.90 Å². The van der Waals surface area contributed by atoms with E-state index in [0.29, 0.717) is 28.7 Å². The van der Waals surface area contributed by atoms with Crippen LogP contribution in [0.15, 0.2) is 24.3 Å². The first-order chi connectivity index (χ1) is 9.06. The van der Waals surface area contributed by atoms with Gasteiger partial charge in [0.25, 0.3) is 5.91 Å². The summed E-state index contributed by atoms with van der Waals surface area (Å²) < 4.78 is 0. The van der Waals surface area contributed by atoms with Crippen molar-refractivity contribution in [2.75, 3.05) is 12.3 Å². The van der Waals surface area contributed by atoms with Gasteiger partial charge in [0.1, 0.15) is 10.6 Å². The van der Waals surface area contributed by atoms with Gasteiger partial charge >= 0.3 is 0 Å². The highest BCUT2D eigenvalue weighted by Gasteiger charge is 2.13. The topological polar surface area (TPSA) is 88.2 Å². The summed E-state index contributed by atoms with van der Waals surface area (Å²) in [5.74, 6) is 0.0711. The third-order valence-corrected chi connectivity index (χ3v) is 3.61. The summed E-state index contributed by atoms with van der Waals surface area (Å²) in [4.78, 5) is 16.5. The van der Waals surface area contributed by atoms with Crippen molar-refractivity contribution in [2.24, 2.45) is 0 Å². The third-order valence-electron chi connectivity index (χ3n) is 2.63. The second-order valence-corrected chi connectivity index (χ2v) is 5.17. The van der Waals surface area contributed by atoms with Crippen LogP contribution >= 0.6 is 11.3 Å². The normalized spacial score (nSPS) is 10.4. The molecular formula is C13H15N3O2S. The number of thiazole rings is 1. The lowest BCUT2D eigenvalue weighted by molar-refractivity contribution is 0.0957. The molecule has 2 rings (SSSR count). The molecule has 1 aromatic heterocycles. The highest BCUT2D eigenvalue weighted by Crippen LogP contribution is 2.19. The van der Waals surface area contributed by atoms with E-state index in [1.807, 2.05) is 6.07 Å². The third kappa shape index (κ3) is 3.45. The molecule has 5 nitrogen and oxygen atoms in total. The summed E-state index contributed by atoms with van der Waals surface area (Å²) in [6.45, 7) is 2.26. The lowest BCUT2D eigenvalue weighted by Crippen LogP contribution is -2.25. The standard InChI is InChI=1S/C13H15N3O2S/c1-8-11(19-13(14)16-8)12(18)15-6-5-9-3-2-4-10(17)7-9/h2-4,7,17H,5-6H2,1H3,(H2,14,16)(H,15,18). The first-order valence-corrected chi connectivity index (χ1v) is 6.67. The Balaban J connectivity index is 1.89. The molecule has 0 radical (unpaired) electrons. The van der Waals surface area contributed by atoms with Crippen LogP contribution < -0.4 is 11.1 Å². The van der Waals surface area contributed by atoms with E-state index in [2.05, 4.69) is 10.3 Å². The highest BCUT2D eigenvalue weighted by molar-refractivity contribution is 7.17. The summed E-state index contributed by atoms with van der Waals surface area (Å²) in [5.41, 5.74) is 7.18. The molecule has 0 aliphatic rings. The maximum absolute atomic E-state index is 11.9. The molecule has 0 aliphatic heterocycles. The van der Waals surface area contributed by atoms with Gasteiger partial charge in [0.2, 0.25) is 0 Å². The Morgan fingerprint density at radius 1 is 1.53 bits per heavy atom. The minimum Gasteiger partial charge on any atom is -0.508 e. The molecule has 4 N–H and O–H groups in total. The van der Waals surface area contributed by atoms with Crippen LogP contribution in [0.2, 0.25) is 0 Å². The molecule has 0 bridgehead atoms. The van der Waals surface area contributed by atoms with Crippen LogP contribution in [0, 0.1) is 6.92 Å². The minimum atomic E-state index is -0.160. The number of nitrogens with one attached hydrogen (secondary N) is 1. The van der Waals surface area contributed by atoms with Crippen molar-refractivity contribution in [3.8, 4) is 5.75 Å². The molecule has 1 amide bonds. The summed E-state index contributed by atoms with van der Waals surface area (Å²) in [5, 5.41) is 12.5. The Hall–Kier alpha value is -2.08. The number of carbonyl (C=O) groups excluding carboxylic acids is 1. The molecule has 100 valence electrons. The van der Waals surface area contributed by atoms with E-state index < -0.39 is 0 Å². The van der Waals surface area contributed by atoms with Crippen molar-refractivity contribution in [3.05, 3.63) is 40.4 Å². The molecule has 0 fully saturated rings. The smallest absolute Gasteiger partial charge is 0.263 e. The Kier molecular flexibility index (Phi) is 4.01. The lowest BCUT2D eigenvalue weighted by atomic mass is 10.1. The largest absolute Gasteiger partial charge is 0.508 e. The minimum absolute atomic E-state index is 0.160. The van der Waals surface area contributed by atoms with Gasteiger partial charge in [-0.2, -0.15) is 0 Å². The number of rotatable bonds is 4. The van der Waals surface area contributed by atoms with Gasteiger partial charge in [-0.15, -0.1) is 0 Å². The Morgan fingerprint density at radius 3 is 2.95 bits per heavy atom. The lowest BCUT2D eigenvalue weighted by Gasteiger charge is -2.04. The van der Waals surface area contributed by atoms with Crippen molar-refractivity contribution in [3.63, 3.8) is 0 Å². The summed E-state index contributed by atoms with van der Waals surface area (Å²) >= 11 is 1.19. The van der Waals surface area contributed by atoms with E-state index >= 15 is 0 Å². The molecule has 0 atom stereocenters. The molecular weight excluding hydrogens is 262 g/mol. The molecule has 6 heteroatoms. The number of aromatic nitrogens is 1. The van der Waals surface area contributed by atoms with Crippen LogP contribution in [-0.2, 0) is 6.42 Å². The Morgan fingerprint density at radius 2 is 2.32 bits per heavy atom. The summed E-state index contributed by atoms with van der Waals surface area (Å²) in [6, 6.07) is 6.98. The SMILES string of the molecule is Cc1nc(N)sc1C(=O)NCCc1cccc(O)c1. The molecule has 0 spiro atoms. The van der Waals surface area contributed by atoms with Crippen molar-refractivity contribution < 1.29 is 9.90 Å². The molecule has 2 aromatic rings. The molecule has 0 saturated heterocycles. The van der Waals surface area contributed by atoms with Gasteiger partial charge in [-0.3, -0.25) is 4.79 Å². The van der Waals surface area contributed by atoms with Gasteiger partial charge in [0.15, 0.2) is 5.13 Å². The number of nitrogen functional groups attached to an aromatic ring is 1. The van der Waals surface area contributed by atoms with Crippen LogP contribution in [0.5, 0.6) is 5.75 Å². The number of amides is 1. The zero-order chi connectivity index (χ0) is 13.8. The van der Waals surface area contributed by atoms with Crippen molar-refractivity contribution in [2.45, 2.75) is 13.3 Å². The van der Waals surface area contributed by atoms with E-state index in [-0.39, 0.29) is 11.7 Å². The van der Waals surface area contributed by atoms with Crippen molar-refractivity contribution >= 4 is 22.4 Å². The number of hydrogen-bond acceptors (Lipinski definition) is 5. The summed E-state index contributed by atoms with van der Waals surface area (Å²) in [6.07, 6.45) is 0.660. The fourth-order valence-electron chi connectivity index (χ4n) is 1.74. The number of aryl methyl sites for hydroxylation is 1. The Labute approximate surface area is 115 Å². The molecule has 0 saturated carbocycles. The fraction of sp³-hybridized carbons (Fsp3) is 0.231. The van der Waals surface area contributed by atoms with Crippen molar-refractivity contribution in [1.82, 2.24) is 10.3 Å². The second kappa shape index (κ2) is 5.71. The maximum Gasteiger partial charge on any atom is 0.263 e. The van der Waals surface area contributed by atoms with E-state index in [1.165, 1.54) is 11.3 Å². The molecule has 0 aliphatic carbocycles. The quantitative estimate of drug-likeness (QED) is 0.794. The molecule has 1 aromatic carbocycles.